The lowest BCUT2D eigenvalue weighted by molar-refractivity contribution is -0.147. The molecule has 0 aliphatic carbocycles. The van der Waals surface area contributed by atoms with Gasteiger partial charge in [-0.2, -0.15) is 0 Å². The number of morpholine rings is 1. The molecule has 96 valence electrons. The van der Waals surface area contributed by atoms with Crippen LogP contribution >= 0.6 is 11.6 Å². The minimum Gasteiger partial charge on any atom is -0.480 e. The summed E-state index contributed by atoms with van der Waals surface area (Å²) in [4.78, 5) is 28.3. The maximum absolute atomic E-state index is 12.2. The van der Waals surface area contributed by atoms with Gasteiger partial charge in [0.1, 0.15) is 0 Å². The first-order valence-electron chi connectivity index (χ1n) is 5.32. The third-order valence-electron chi connectivity index (χ3n) is 2.67. The number of carbonyl (C=O) groups excluding carboxylic acids is 1. The number of carboxylic acids is 1. The minimum atomic E-state index is -1.09. The summed E-state index contributed by atoms with van der Waals surface area (Å²) in [6.45, 7) is 0.521. The van der Waals surface area contributed by atoms with Gasteiger partial charge >= 0.3 is 5.97 Å². The highest BCUT2D eigenvalue weighted by molar-refractivity contribution is 6.33. The van der Waals surface area contributed by atoms with Crippen LogP contribution in [0.1, 0.15) is 10.4 Å². The maximum atomic E-state index is 12.2. The summed E-state index contributed by atoms with van der Waals surface area (Å²) in [5, 5.41) is 9.31. The first-order valence-corrected chi connectivity index (χ1v) is 5.70. The lowest BCUT2D eigenvalue weighted by atomic mass is 10.1. The van der Waals surface area contributed by atoms with Crippen molar-refractivity contribution < 1.29 is 19.4 Å². The van der Waals surface area contributed by atoms with Gasteiger partial charge in [-0.15, -0.1) is 0 Å². The number of hydrogen-bond acceptors (Lipinski definition) is 4. The van der Waals surface area contributed by atoms with Gasteiger partial charge in [0.25, 0.3) is 5.91 Å². The van der Waals surface area contributed by atoms with Crippen molar-refractivity contribution in [2.45, 2.75) is 6.04 Å². The molecule has 1 unspecified atom stereocenters. The predicted molar refractivity (Wildman–Crippen MR) is 62.5 cm³/mol. The number of ether oxygens (including phenoxy) is 1. The van der Waals surface area contributed by atoms with Crippen molar-refractivity contribution in [3.63, 3.8) is 0 Å². The fourth-order valence-electron chi connectivity index (χ4n) is 1.74. The Labute approximate surface area is 108 Å². The molecule has 0 saturated carbocycles. The third-order valence-corrected chi connectivity index (χ3v) is 3.00. The number of aliphatic carboxylic acids is 1. The number of rotatable bonds is 2. The molecule has 2 heterocycles. The molecule has 1 saturated heterocycles. The van der Waals surface area contributed by atoms with E-state index in [4.69, 9.17) is 21.4 Å². The molecule has 1 aromatic rings. The summed E-state index contributed by atoms with van der Waals surface area (Å²) in [5.74, 6) is -1.54. The van der Waals surface area contributed by atoms with E-state index >= 15 is 0 Å². The number of carbonyl (C=O) groups is 2. The summed E-state index contributed by atoms with van der Waals surface area (Å²) in [7, 11) is 0. The van der Waals surface area contributed by atoms with Crippen molar-refractivity contribution >= 4 is 23.5 Å². The topological polar surface area (TPSA) is 79.7 Å². The fourth-order valence-corrected chi connectivity index (χ4v) is 1.93. The van der Waals surface area contributed by atoms with Gasteiger partial charge in [-0.25, -0.2) is 4.79 Å². The zero-order valence-electron chi connectivity index (χ0n) is 9.38. The van der Waals surface area contributed by atoms with Crippen LogP contribution in [0.15, 0.2) is 18.5 Å². The largest absolute Gasteiger partial charge is 0.480 e. The van der Waals surface area contributed by atoms with Crippen molar-refractivity contribution in [1.29, 1.82) is 0 Å². The molecule has 0 spiro atoms. The SMILES string of the molecule is O=C(O)C1COCCN1C(=O)c1cnccc1Cl. The van der Waals surface area contributed by atoms with Crippen LogP contribution < -0.4 is 0 Å². The summed E-state index contributed by atoms with van der Waals surface area (Å²) in [5.41, 5.74) is 0.201. The van der Waals surface area contributed by atoms with Gasteiger partial charge in [0.2, 0.25) is 0 Å². The monoisotopic (exact) mass is 270 g/mol. The molecule has 1 amide bonds. The van der Waals surface area contributed by atoms with E-state index in [0.29, 0.717) is 6.61 Å². The van der Waals surface area contributed by atoms with Crippen LogP contribution in [0.3, 0.4) is 0 Å². The number of pyridine rings is 1. The number of halogens is 1. The van der Waals surface area contributed by atoms with E-state index in [9.17, 15) is 9.59 Å². The summed E-state index contributed by atoms with van der Waals surface area (Å²) < 4.78 is 5.07. The molecule has 1 fully saturated rings. The average Bonchev–Trinajstić information content (AvgIpc) is 2.38. The van der Waals surface area contributed by atoms with Crippen LogP contribution in [-0.4, -0.2) is 52.7 Å². The van der Waals surface area contributed by atoms with Gasteiger partial charge in [-0.3, -0.25) is 9.78 Å². The lowest BCUT2D eigenvalue weighted by Crippen LogP contribution is -2.52. The smallest absolute Gasteiger partial charge is 0.328 e. The predicted octanol–water partition coefficient (Wildman–Crippen LogP) is 0.661. The molecule has 1 aliphatic heterocycles. The first-order chi connectivity index (χ1) is 8.61. The van der Waals surface area contributed by atoms with Crippen molar-refractivity contribution in [1.82, 2.24) is 9.88 Å². The third kappa shape index (κ3) is 2.44. The Bertz CT molecular complexity index is 480. The summed E-state index contributed by atoms with van der Waals surface area (Å²) in [6, 6.07) is 0.507. The van der Waals surface area contributed by atoms with E-state index in [1.165, 1.54) is 23.4 Å². The molecular formula is C11H11ClN2O4. The van der Waals surface area contributed by atoms with E-state index in [1.807, 2.05) is 0 Å². The second kappa shape index (κ2) is 5.32. The van der Waals surface area contributed by atoms with Crippen molar-refractivity contribution in [3.8, 4) is 0 Å². The number of nitrogens with zero attached hydrogens (tertiary/aromatic N) is 2. The Hall–Kier alpha value is -1.66. The summed E-state index contributed by atoms with van der Waals surface area (Å²) >= 11 is 5.90. The molecule has 1 aromatic heterocycles. The van der Waals surface area contributed by atoms with Crippen LogP contribution in [0.4, 0.5) is 0 Å². The molecule has 0 aromatic carbocycles. The molecule has 1 atom stereocenters. The van der Waals surface area contributed by atoms with Gasteiger partial charge in [0.05, 0.1) is 23.8 Å². The van der Waals surface area contributed by atoms with Crippen LogP contribution in [0.2, 0.25) is 5.02 Å². The quantitative estimate of drug-likeness (QED) is 0.854. The normalized spacial score (nSPS) is 19.6. The highest BCUT2D eigenvalue weighted by atomic mass is 35.5. The van der Waals surface area contributed by atoms with E-state index in [-0.39, 0.29) is 23.7 Å². The molecule has 18 heavy (non-hydrogen) atoms. The van der Waals surface area contributed by atoms with Gasteiger partial charge in [0.15, 0.2) is 6.04 Å². The highest BCUT2D eigenvalue weighted by Crippen LogP contribution is 2.18. The van der Waals surface area contributed by atoms with E-state index in [0.717, 1.165) is 0 Å². The fraction of sp³-hybridized carbons (Fsp3) is 0.364. The molecule has 2 rings (SSSR count). The Kier molecular flexibility index (Phi) is 3.78. The van der Waals surface area contributed by atoms with Crippen LogP contribution in [0.5, 0.6) is 0 Å². The van der Waals surface area contributed by atoms with Gasteiger partial charge in [0, 0.05) is 18.9 Å². The summed E-state index contributed by atoms with van der Waals surface area (Å²) in [6.07, 6.45) is 2.80. The lowest BCUT2D eigenvalue weighted by Gasteiger charge is -2.32. The zero-order chi connectivity index (χ0) is 13.1. The standard InChI is InChI=1S/C11H11ClN2O4/c12-8-1-2-13-5-7(8)10(15)14-3-4-18-6-9(14)11(16)17/h1-2,5,9H,3-4,6H2,(H,16,17). The Balaban J connectivity index is 2.27. The molecule has 7 heteroatoms. The maximum Gasteiger partial charge on any atom is 0.328 e. The molecule has 0 bridgehead atoms. The van der Waals surface area contributed by atoms with Crippen LogP contribution in [-0.2, 0) is 9.53 Å². The van der Waals surface area contributed by atoms with E-state index < -0.39 is 17.9 Å². The molecular weight excluding hydrogens is 260 g/mol. The molecule has 1 aliphatic rings. The van der Waals surface area contributed by atoms with E-state index in [2.05, 4.69) is 4.98 Å². The van der Waals surface area contributed by atoms with Gasteiger partial charge in [-0.1, -0.05) is 11.6 Å². The molecule has 0 radical (unpaired) electrons. The number of aromatic nitrogens is 1. The zero-order valence-corrected chi connectivity index (χ0v) is 10.1. The van der Waals surface area contributed by atoms with Gasteiger partial charge in [-0.05, 0) is 6.07 Å². The van der Waals surface area contributed by atoms with Crippen molar-refractivity contribution in [3.05, 3.63) is 29.0 Å². The van der Waals surface area contributed by atoms with Crippen LogP contribution in [0, 0.1) is 0 Å². The average molecular weight is 271 g/mol. The Morgan fingerprint density at radius 1 is 1.56 bits per heavy atom. The Morgan fingerprint density at radius 2 is 2.33 bits per heavy atom. The number of hydrogen-bond donors (Lipinski definition) is 1. The molecule has 6 nitrogen and oxygen atoms in total. The van der Waals surface area contributed by atoms with Crippen molar-refractivity contribution in [2.24, 2.45) is 0 Å². The van der Waals surface area contributed by atoms with Crippen LogP contribution in [0.25, 0.3) is 0 Å². The second-order valence-electron chi connectivity index (χ2n) is 3.78. The van der Waals surface area contributed by atoms with Gasteiger partial charge < -0.3 is 14.7 Å². The van der Waals surface area contributed by atoms with Crippen molar-refractivity contribution in [2.75, 3.05) is 19.8 Å². The first kappa shape index (κ1) is 12.8. The number of carboxylic acid groups (broad SMARTS) is 1. The molecule has 1 N–H and O–H groups in total. The number of amides is 1. The Morgan fingerprint density at radius 3 is 3.00 bits per heavy atom. The minimum absolute atomic E-state index is 0.0149. The second-order valence-corrected chi connectivity index (χ2v) is 4.19. The highest BCUT2D eigenvalue weighted by Gasteiger charge is 2.33. The van der Waals surface area contributed by atoms with E-state index in [1.54, 1.807) is 0 Å².